The Morgan fingerprint density at radius 2 is 1.76 bits per heavy atom. The van der Waals surface area contributed by atoms with Gasteiger partial charge in [0.05, 0.1) is 15.7 Å². The van der Waals surface area contributed by atoms with Gasteiger partial charge in [0.15, 0.2) is 5.13 Å². The molecule has 0 unspecified atom stereocenters. The van der Waals surface area contributed by atoms with E-state index in [1.54, 1.807) is 6.07 Å². The largest absolute Gasteiger partial charge is 0.382 e. The summed E-state index contributed by atoms with van der Waals surface area (Å²) >= 11 is 15.1. The zero-order valence-corrected chi connectivity index (χ0v) is 18.9. The smallest absolute Gasteiger partial charge is 0.189 e. The number of rotatable bonds is 5. The van der Waals surface area contributed by atoms with Crippen LogP contribution in [0, 0.1) is 0 Å². The summed E-state index contributed by atoms with van der Waals surface area (Å²) in [6.07, 6.45) is 0. The number of thiazole rings is 2. The van der Waals surface area contributed by atoms with Crippen LogP contribution in [0.5, 0.6) is 0 Å². The Morgan fingerprint density at radius 3 is 2.45 bits per heavy atom. The van der Waals surface area contributed by atoms with Gasteiger partial charge in [-0.2, -0.15) is 0 Å². The summed E-state index contributed by atoms with van der Waals surface area (Å²) in [5, 5.41) is 7.89. The molecule has 0 amide bonds. The summed E-state index contributed by atoms with van der Waals surface area (Å²) in [7, 11) is 0. The van der Waals surface area contributed by atoms with Gasteiger partial charge in [-0.15, -0.1) is 11.3 Å². The topological polar surface area (TPSA) is 63.8 Å². The summed E-state index contributed by atoms with van der Waals surface area (Å²) in [4.78, 5) is 10.0. The molecule has 0 atom stereocenters. The van der Waals surface area contributed by atoms with Gasteiger partial charge in [-0.3, -0.25) is 0 Å². The number of benzene rings is 2. The molecular weight excluding hydrogens is 443 g/mol. The maximum atomic E-state index is 6.17. The van der Waals surface area contributed by atoms with Crippen LogP contribution in [0.2, 0.25) is 10.0 Å². The quantitative estimate of drug-likeness (QED) is 0.320. The van der Waals surface area contributed by atoms with E-state index in [2.05, 4.69) is 48.4 Å². The lowest BCUT2D eigenvalue weighted by molar-refractivity contribution is 0.867. The fraction of sp³-hybridized carbons (Fsp3) is 0.143. The Morgan fingerprint density at radius 1 is 1.00 bits per heavy atom. The van der Waals surface area contributed by atoms with Crippen molar-refractivity contribution in [3.05, 3.63) is 63.5 Å². The van der Waals surface area contributed by atoms with Crippen molar-refractivity contribution < 1.29 is 0 Å². The fourth-order valence-corrected chi connectivity index (χ4v) is 4.91. The number of hydrogen-bond acceptors (Lipinski definition) is 6. The van der Waals surface area contributed by atoms with E-state index < -0.39 is 0 Å². The van der Waals surface area contributed by atoms with Crippen LogP contribution < -0.4 is 11.1 Å². The molecule has 2 heterocycles. The minimum atomic E-state index is 0.464. The van der Waals surface area contributed by atoms with Gasteiger partial charge in [0.25, 0.3) is 0 Å². The summed E-state index contributed by atoms with van der Waals surface area (Å²) < 4.78 is 0. The second-order valence-corrected chi connectivity index (χ2v) is 9.47. The highest BCUT2D eigenvalue weighted by atomic mass is 35.5. The zero-order chi connectivity index (χ0) is 20.5. The van der Waals surface area contributed by atoms with Crippen LogP contribution in [0.25, 0.3) is 21.1 Å². The lowest BCUT2D eigenvalue weighted by Crippen LogP contribution is -1.92. The van der Waals surface area contributed by atoms with E-state index in [1.807, 2.05) is 17.5 Å². The number of halogens is 2. The number of aromatic nitrogens is 2. The lowest BCUT2D eigenvalue weighted by atomic mass is 10.0. The van der Waals surface area contributed by atoms with Crippen LogP contribution in [-0.2, 0) is 0 Å². The number of nitrogens with one attached hydrogen (secondary N) is 1. The maximum absolute atomic E-state index is 6.17. The zero-order valence-electron chi connectivity index (χ0n) is 15.7. The van der Waals surface area contributed by atoms with E-state index in [1.165, 1.54) is 28.2 Å². The van der Waals surface area contributed by atoms with Crippen LogP contribution in [0.1, 0.15) is 25.3 Å². The van der Waals surface area contributed by atoms with Gasteiger partial charge in [0.2, 0.25) is 0 Å². The predicted octanol–water partition coefficient (Wildman–Crippen LogP) is 7.69. The molecule has 0 aliphatic heterocycles. The van der Waals surface area contributed by atoms with E-state index >= 15 is 0 Å². The monoisotopic (exact) mass is 460 g/mol. The molecule has 4 nitrogen and oxygen atoms in total. The van der Waals surface area contributed by atoms with E-state index in [0.29, 0.717) is 21.8 Å². The van der Waals surface area contributed by atoms with E-state index in [9.17, 15) is 0 Å². The highest BCUT2D eigenvalue weighted by molar-refractivity contribution is 7.23. The molecule has 8 heteroatoms. The van der Waals surface area contributed by atoms with Gasteiger partial charge in [-0.1, -0.05) is 66.6 Å². The summed E-state index contributed by atoms with van der Waals surface area (Å²) in [5.41, 5.74) is 10.2. The second kappa shape index (κ2) is 8.32. The van der Waals surface area contributed by atoms with Crippen molar-refractivity contribution in [2.24, 2.45) is 0 Å². The van der Waals surface area contributed by atoms with Gasteiger partial charge < -0.3 is 11.1 Å². The third kappa shape index (κ3) is 4.41. The molecule has 3 N–H and O–H groups in total. The molecule has 0 bridgehead atoms. The average Bonchev–Trinajstić information content (AvgIpc) is 3.31. The van der Waals surface area contributed by atoms with Gasteiger partial charge in [0, 0.05) is 16.6 Å². The number of nitrogens with two attached hydrogens (primary N) is 1. The summed E-state index contributed by atoms with van der Waals surface area (Å²) in [5.74, 6) is 0.965. The predicted molar refractivity (Wildman–Crippen MR) is 127 cm³/mol. The molecule has 0 aliphatic carbocycles. The normalized spacial score (nSPS) is 11.2. The Bertz CT molecular complexity index is 1150. The third-order valence-electron chi connectivity index (χ3n) is 4.40. The van der Waals surface area contributed by atoms with Crippen LogP contribution >= 0.6 is 45.9 Å². The number of nitrogen functional groups attached to an aromatic ring is 1. The van der Waals surface area contributed by atoms with Crippen LogP contribution in [0.3, 0.4) is 0 Å². The van der Waals surface area contributed by atoms with Gasteiger partial charge in [-0.05, 0) is 35.7 Å². The molecule has 0 fully saturated rings. The molecule has 0 saturated heterocycles. The molecule has 0 saturated carbocycles. The van der Waals surface area contributed by atoms with Crippen LogP contribution in [-0.4, -0.2) is 9.97 Å². The number of hydrogen-bond donors (Lipinski definition) is 2. The number of nitrogens with zero attached hydrogens (tertiary/aromatic N) is 2. The van der Waals surface area contributed by atoms with Crippen molar-refractivity contribution in [1.29, 1.82) is 0 Å². The van der Waals surface area contributed by atoms with Gasteiger partial charge >= 0.3 is 0 Å². The minimum Gasteiger partial charge on any atom is -0.382 e. The first-order valence-corrected chi connectivity index (χ1v) is 11.4. The maximum Gasteiger partial charge on any atom is 0.189 e. The molecule has 2 aromatic heterocycles. The molecule has 29 heavy (non-hydrogen) atoms. The minimum absolute atomic E-state index is 0.464. The highest BCUT2D eigenvalue weighted by Crippen LogP contribution is 2.39. The second-order valence-electron chi connectivity index (χ2n) is 6.80. The Hall–Kier alpha value is -2.12. The molecule has 4 aromatic rings. The molecule has 148 valence electrons. The Kier molecular flexibility index (Phi) is 5.79. The average molecular weight is 461 g/mol. The molecule has 0 aliphatic rings. The van der Waals surface area contributed by atoms with Crippen molar-refractivity contribution >= 4 is 62.5 Å². The van der Waals surface area contributed by atoms with Gasteiger partial charge in [0.1, 0.15) is 15.7 Å². The van der Waals surface area contributed by atoms with E-state index in [4.69, 9.17) is 33.9 Å². The molecule has 2 aromatic carbocycles. The van der Waals surface area contributed by atoms with Crippen LogP contribution in [0.15, 0.2) is 47.8 Å². The summed E-state index contributed by atoms with van der Waals surface area (Å²) in [6.45, 7) is 4.35. The standard InChI is InChI=1S/C21H18Cl2N4S2/c1-11(2)12-3-6-14(7-4-12)25-21-27-19(24)18(29-21)20-26-17(10-28-20)13-5-8-15(22)16(23)9-13/h3-11H,24H2,1-2H3,(H,25,27). The van der Waals surface area contributed by atoms with Crippen molar-refractivity contribution in [2.45, 2.75) is 19.8 Å². The lowest BCUT2D eigenvalue weighted by Gasteiger charge is -2.07. The first-order valence-electron chi connectivity index (χ1n) is 8.95. The molecule has 0 spiro atoms. The third-order valence-corrected chi connectivity index (χ3v) is 7.12. The molecule has 0 radical (unpaired) electrons. The van der Waals surface area contributed by atoms with Crippen LogP contribution in [0.4, 0.5) is 16.6 Å². The number of anilines is 3. The fourth-order valence-electron chi connectivity index (χ4n) is 2.78. The molecular formula is C21H18Cl2N4S2. The SMILES string of the molecule is CC(C)c1ccc(Nc2nc(N)c(-c3nc(-c4ccc(Cl)c(Cl)c4)cs3)s2)cc1. The van der Waals surface area contributed by atoms with Crippen molar-refractivity contribution in [2.75, 3.05) is 11.1 Å². The highest BCUT2D eigenvalue weighted by Gasteiger charge is 2.15. The summed E-state index contributed by atoms with van der Waals surface area (Å²) in [6, 6.07) is 13.8. The van der Waals surface area contributed by atoms with E-state index in [0.717, 1.165) is 32.0 Å². The van der Waals surface area contributed by atoms with Gasteiger partial charge in [-0.25, -0.2) is 9.97 Å². The Labute approximate surface area is 187 Å². The first kappa shape index (κ1) is 20.2. The van der Waals surface area contributed by atoms with E-state index in [-0.39, 0.29) is 0 Å². The van der Waals surface area contributed by atoms with Crippen molar-refractivity contribution in [1.82, 2.24) is 9.97 Å². The molecule has 4 rings (SSSR count). The van der Waals surface area contributed by atoms with Crippen molar-refractivity contribution in [3.8, 4) is 21.1 Å². The first-order chi connectivity index (χ1) is 13.9. The van der Waals surface area contributed by atoms with Crippen molar-refractivity contribution in [3.63, 3.8) is 0 Å². The Balaban J connectivity index is 1.56.